The van der Waals surface area contributed by atoms with Crippen molar-refractivity contribution >= 4 is 0 Å². The van der Waals surface area contributed by atoms with Gasteiger partial charge in [-0.05, 0) is 30.1 Å². The van der Waals surface area contributed by atoms with E-state index in [0.29, 0.717) is 11.5 Å². The van der Waals surface area contributed by atoms with E-state index in [2.05, 4.69) is 44.8 Å². The highest BCUT2D eigenvalue weighted by Crippen LogP contribution is 2.52. The van der Waals surface area contributed by atoms with Gasteiger partial charge < -0.3 is 5.32 Å². The van der Waals surface area contributed by atoms with Gasteiger partial charge in [-0.2, -0.15) is 0 Å². The van der Waals surface area contributed by atoms with Crippen molar-refractivity contribution in [3.05, 3.63) is 0 Å². The first-order chi connectivity index (χ1) is 8.47. The van der Waals surface area contributed by atoms with Gasteiger partial charge in [0.15, 0.2) is 0 Å². The van der Waals surface area contributed by atoms with Crippen LogP contribution in [0.3, 0.4) is 0 Å². The molecule has 18 heavy (non-hydrogen) atoms. The van der Waals surface area contributed by atoms with Crippen LogP contribution in [-0.4, -0.2) is 36.6 Å². The van der Waals surface area contributed by atoms with Crippen molar-refractivity contribution in [3.63, 3.8) is 0 Å². The predicted octanol–water partition coefficient (Wildman–Crippen LogP) is 3.13. The molecule has 1 saturated heterocycles. The first-order valence-electron chi connectivity index (χ1n) is 7.95. The Morgan fingerprint density at radius 1 is 1.33 bits per heavy atom. The van der Waals surface area contributed by atoms with E-state index in [9.17, 15) is 0 Å². The Morgan fingerprint density at radius 3 is 2.50 bits per heavy atom. The SMILES string of the molecule is CCC(C)C1CN(CC2CC2(C)C)C(CC)CN1. The van der Waals surface area contributed by atoms with E-state index in [1.54, 1.807) is 0 Å². The minimum atomic E-state index is 0.620. The lowest BCUT2D eigenvalue weighted by atomic mass is 9.94. The molecule has 0 aromatic heterocycles. The number of rotatable bonds is 5. The fourth-order valence-corrected chi connectivity index (χ4v) is 3.35. The normalized spacial score (nSPS) is 37.5. The molecule has 2 nitrogen and oxygen atoms in total. The van der Waals surface area contributed by atoms with Gasteiger partial charge in [0.05, 0.1) is 0 Å². The molecule has 4 unspecified atom stereocenters. The van der Waals surface area contributed by atoms with Gasteiger partial charge in [0, 0.05) is 31.7 Å². The monoisotopic (exact) mass is 252 g/mol. The Balaban J connectivity index is 1.91. The fourth-order valence-electron chi connectivity index (χ4n) is 3.35. The molecular weight excluding hydrogens is 220 g/mol. The molecule has 0 bridgehead atoms. The first-order valence-corrected chi connectivity index (χ1v) is 7.95. The Morgan fingerprint density at radius 2 is 2.00 bits per heavy atom. The van der Waals surface area contributed by atoms with E-state index in [1.165, 1.54) is 38.9 Å². The van der Waals surface area contributed by atoms with Gasteiger partial charge >= 0.3 is 0 Å². The van der Waals surface area contributed by atoms with E-state index < -0.39 is 0 Å². The van der Waals surface area contributed by atoms with Crippen LogP contribution in [0.2, 0.25) is 0 Å². The second-order valence-electron chi connectivity index (χ2n) is 7.31. The molecule has 0 spiro atoms. The van der Waals surface area contributed by atoms with Crippen molar-refractivity contribution in [1.82, 2.24) is 10.2 Å². The molecule has 106 valence electrons. The lowest BCUT2D eigenvalue weighted by molar-refractivity contribution is 0.0977. The maximum Gasteiger partial charge on any atom is 0.0221 e. The van der Waals surface area contributed by atoms with Crippen molar-refractivity contribution < 1.29 is 0 Å². The zero-order chi connectivity index (χ0) is 13.3. The largest absolute Gasteiger partial charge is 0.311 e. The molecular formula is C16H32N2. The van der Waals surface area contributed by atoms with Gasteiger partial charge in [-0.25, -0.2) is 0 Å². The summed E-state index contributed by atoms with van der Waals surface area (Å²) in [7, 11) is 0. The Kier molecular flexibility index (Phi) is 4.38. The number of hydrogen-bond acceptors (Lipinski definition) is 2. The van der Waals surface area contributed by atoms with E-state index in [4.69, 9.17) is 0 Å². The maximum atomic E-state index is 3.77. The van der Waals surface area contributed by atoms with Gasteiger partial charge in [0.25, 0.3) is 0 Å². The molecule has 4 atom stereocenters. The highest BCUT2D eigenvalue weighted by molar-refractivity contribution is 4.99. The zero-order valence-corrected chi connectivity index (χ0v) is 13.0. The average Bonchev–Trinajstić information content (AvgIpc) is 2.95. The molecule has 1 heterocycles. The molecule has 1 aliphatic heterocycles. The molecule has 1 N–H and O–H groups in total. The highest BCUT2D eigenvalue weighted by Gasteiger charge is 2.47. The van der Waals surface area contributed by atoms with Crippen LogP contribution in [0.5, 0.6) is 0 Å². The van der Waals surface area contributed by atoms with Crippen molar-refractivity contribution in [2.75, 3.05) is 19.6 Å². The quantitative estimate of drug-likeness (QED) is 0.809. The van der Waals surface area contributed by atoms with Gasteiger partial charge in [0.2, 0.25) is 0 Å². The van der Waals surface area contributed by atoms with Crippen molar-refractivity contribution in [3.8, 4) is 0 Å². The number of piperazine rings is 1. The lowest BCUT2D eigenvalue weighted by Gasteiger charge is -2.42. The van der Waals surface area contributed by atoms with E-state index in [-0.39, 0.29) is 0 Å². The summed E-state index contributed by atoms with van der Waals surface area (Å²) >= 11 is 0. The predicted molar refractivity (Wildman–Crippen MR) is 78.8 cm³/mol. The van der Waals surface area contributed by atoms with Crippen LogP contribution in [0, 0.1) is 17.3 Å². The van der Waals surface area contributed by atoms with Crippen molar-refractivity contribution in [2.45, 2.75) is 66.0 Å². The topological polar surface area (TPSA) is 15.3 Å². The van der Waals surface area contributed by atoms with E-state index in [1.807, 2.05) is 0 Å². The summed E-state index contributed by atoms with van der Waals surface area (Å²) < 4.78 is 0. The summed E-state index contributed by atoms with van der Waals surface area (Å²) in [5, 5.41) is 3.77. The Hall–Kier alpha value is -0.0800. The number of nitrogens with one attached hydrogen (secondary N) is 1. The molecule has 2 aliphatic rings. The minimum Gasteiger partial charge on any atom is -0.311 e. The average molecular weight is 252 g/mol. The molecule has 1 saturated carbocycles. The van der Waals surface area contributed by atoms with Crippen LogP contribution in [0.4, 0.5) is 0 Å². The van der Waals surface area contributed by atoms with Crippen molar-refractivity contribution in [2.24, 2.45) is 17.3 Å². The second-order valence-corrected chi connectivity index (χ2v) is 7.31. The molecule has 0 amide bonds. The molecule has 0 aromatic rings. The Labute approximate surface area is 114 Å². The van der Waals surface area contributed by atoms with Crippen molar-refractivity contribution in [1.29, 1.82) is 0 Å². The summed E-state index contributed by atoms with van der Waals surface area (Å²) in [5.74, 6) is 1.75. The zero-order valence-electron chi connectivity index (χ0n) is 13.0. The van der Waals surface area contributed by atoms with Crippen LogP contribution in [0.25, 0.3) is 0 Å². The standard InChI is InChI=1S/C16H32N2/c1-6-12(3)15-11-18(14(7-2)9-17-15)10-13-8-16(13,4)5/h12-15,17H,6-11H2,1-5H3. The highest BCUT2D eigenvalue weighted by atomic mass is 15.2. The third kappa shape index (κ3) is 3.08. The fraction of sp³-hybridized carbons (Fsp3) is 1.00. The Bertz CT molecular complexity index is 274. The summed E-state index contributed by atoms with van der Waals surface area (Å²) in [6.07, 6.45) is 4.01. The van der Waals surface area contributed by atoms with Gasteiger partial charge in [0.1, 0.15) is 0 Å². The summed E-state index contributed by atoms with van der Waals surface area (Å²) in [6.45, 7) is 15.7. The third-order valence-corrected chi connectivity index (χ3v) is 5.54. The molecule has 2 heteroatoms. The molecule has 0 aromatic carbocycles. The van der Waals surface area contributed by atoms with Crippen LogP contribution in [0.15, 0.2) is 0 Å². The summed E-state index contributed by atoms with van der Waals surface area (Å²) in [5.41, 5.74) is 0.620. The van der Waals surface area contributed by atoms with Crippen LogP contribution in [-0.2, 0) is 0 Å². The van der Waals surface area contributed by atoms with E-state index in [0.717, 1.165) is 17.9 Å². The molecule has 2 fully saturated rings. The molecule has 2 rings (SSSR count). The lowest BCUT2D eigenvalue weighted by Crippen LogP contribution is -2.58. The van der Waals surface area contributed by atoms with Crippen LogP contribution >= 0.6 is 0 Å². The van der Waals surface area contributed by atoms with Gasteiger partial charge in [-0.3, -0.25) is 4.90 Å². The third-order valence-electron chi connectivity index (χ3n) is 5.54. The van der Waals surface area contributed by atoms with Crippen LogP contribution in [0.1, 0.15) is 53.9 Å². The van der Waals surface area contributed by atoms with E-state index >= 15 is 0 Å². The van der Waals surface area contributed by atoms with Crippen LogP contribution < -0.4 is 5.32 Å². The second kappa shape index (κ2) is 5.50. The van der Waals surface area contributed by atoms with Gasteiger partial charge in [-0.1, -0.05) is 41.0 Å². The molecule has 1 aliphatic carbocycles. The number of nitrogens with zero attached hydrogens (tertiary/aromatic N) is 1. The van der Waals surface area contributed by atoms with Gasteiger partial charge in [-0.15, -0.1) is 0 Å². The smallest absolute Gasteiger partial charge is 0.0221 e. The molecule has 0 radical (unpaired) electrons. The first kappa shape index (κ1) is 14.3. The summed E-state index contributed by atoms with van der Waals surface area (Å²) in [4.78, 5) is 2.78. The number of hydrogen-bond donors (Lipinski definition) is 1. The maximum absolute atomic E-state index is 3.77. The minimum absolute atomic E-state index is 0.620. The summed E-state index contributed by atoms with van der Waals surface area (Å²) in [6, 6.07) is 1.47.